The quantitative estimate of drug-likeness (QED) is 0.528. The van der Waals surface area contributed by atoms with Crippen molar-refractivity contribution in [2.45, 2.75) is 0 Å². The lowest BCUT2D eigenvalue weighted by Gasteiger charge is -1.97. The van der Waals surface area contributed by atoms with Gasteiger partial charge in [0.05, 0.1) is 16.1 Å². The summed E-state index contributed by atoms with van der Waals surface area (Å²) in [4.78, 5) is 10.4. The van der Waals surface area contributed by atoms with Crippen molar-refractivity contribution < 1.29 is 4.79 Å². The fourth-order valence-electron chi connectivity index (χ4n) is 0.374. The Morgan fingerprint density at radius 1 is 1.86 bits per heavy atom. The van der Waals surface area contributed by atoms with Crippen molar-refractivity contribution in [2.75, 3.05) is 12.3 Å². The summed E-state index contributed by atoms with van der Waals surface area (Å²) in [6, 6.07) is 0. The molecule has 1 aliphatic rings. The van der Waals surface area contributed by atoms with E-state index in [1.807, 2.05) is 0 Å². The first kappa shape index (κ1) is 5.44. The lowest BCUT2D eigenvalue weighted by Crippen LogP contribution is -2.07. The number of nitrogens with zero attached hydrogens (tertiary/aromatic N) is 1. The van der Waals surface area contributed by atoms with Crippen LogP contribution < -0.4 is 0 Å². The fraction of sp³-hybridized carbons (Fsp3) is 0.667. The van der Waals surface area contributed by atoms with Crippen LogP contribution in [0, 0.1) is 0 Å². The van der Waals surface area contributed by atoms with Crippen molar-refractivity contribution in [2.24, 2.45) is 0 Å². The number of hydrogen-bond acceptors (Lipinski definition) is 2. The molecule has 0 saturated carbocycles. The van der Waals surface area contributed by atoms with Gasteiger partial charge in [-0.3, -0.25) is 8.72 Å². The second kappa shape index (κ2) is 2.05. The van der Waals surface area contributed by atoms with Gasteiger partial charge in [-0.1, -0.05) is 11.8 Å². The summed E-state index contributed by atoms with van der Waals surface area (Å²) >= 11 is 4.41. The summed E-state index contributed by atoms with van der Waals surface area (Å²) in [6.07, 6.45) is 0. The molecule has 0 aromatic heterocycles. The molecule has 40 valence electrons. The molecule has 7 heavy (non-hydrogen) atoms. The maximum Gasteiger partial charge on any atom is 0.291 e. The largest absolute Gasteiger partial charge is 0.291 e. The third-order valence-corrected chi connectivity index (χ3v) is 2.48. The van der Waals surface area contributed by atoms with E-state index in [1.165, 1.54) is 15.7 Å². The molecular formula is C3H4BrNOS. The van der Waals surface area contributed by atoms with Gasteiger partial charge < -0.3 is 0 Å². The van der Waals surface area contributed by atoms with Gasteiger partial charge >= 0.3 is 0 Å². The molecule has 0 aromatic carbocycles. The fourth-order valence-corrected chi connectivity index (χ4v) is 1.77. The predicted octanol–water partition coefficient (Wildman–Crippen LogP) is 1.47. The van der Waals surface area contributed by atoms with Crippen molar-refractivity contribution in [1.82, 2.24) is 3.93 Å². The molecule has 0 aliphatic carbocycles. The topological polar surface area (TPSA) is 20.3 Å². The Kier molecular flexibility index (Phi) is 1.59. The van der Waals surface area contributed by atoms with Crippen LogP contribution in [0.1, 0.15) is 0 Å². The van der Waals surface area contributed by atoms with Gasteiger partial charge in [0.2, 0.25) is 0 Å². The summed E-state index contributed by atoms with van der Waals surface area (Å²) in [5.74, 6) is 0.921. The maximum absolute atomic E-state index is 10.4. The number of thioether (sulfide) groups is 1. The van der Waals surface area contributed by atoms with E-state index in [4.69, 9.17) is 0 Å². The highest BCUT2D eigenvalue weighted by Crippen LogP contribution is 2.19. The Labute approximate surface area is 54.6 Å². The third-order valence-electron chi connectivity index (χ3n) is 0.711. The normalized spacial score (nSPS) is 21.3. The molecule has 0 atom stereocenters. The summed E-state index contributed by atoms with van der Waals surface area (Å²) < 4.78 is 1.54. The van der Waals surface area contributed by atoms with Crippen molar-refractivity contribution in [3.8, 4) is 0 Å². The number of carbonyl (C=O) groups excluding carboxylic acids is 1. The smallest absolute Gasteiger partial charge is 0.269 e. The maximum atomic E-state index is 10.4. The molecule has 0 radical (unpaired) electrons. The van der Waals surface area contributed by atoms with Crippen LogP contribution in [0.25, 0.3) is 0 Å². The molecule has 0 bridgehead atoms. The Morgan fingerprint density at radius 2 is 2.57 bits per heavy atom. The zero-order valence-electron chi connectivity index (χ0n) is 3.56. The Morgan fingerprint density at radius 3 is 2.71 bits per heavy atom. The molecule has 4 heteroatoms. The molecule has 1 amide bonds. The first-order valence-corrected chi connectivity index (χ1v) is 3.60. The summed E-state index contributed by atoms with van der Waals surface area (Å²) in [5.41, 5.74) is 0. The van der Waals surface area contributed by atoms with E-state index in [-0.39, 0.29) is 5.24 Å². The Bertz CT molecular complexity index is 96.9. The van der Waals surface area contributed by atoms with E-state index in [1.54, 1.807) is 0 Å². The standard InChI is InChI=1S/C3H4BrNOS/c4-5-1-2-7-3(5)6/h1-2H2. The average Bonchev–Trinajstić information content (AvgIpc) is 1.91. The molecule has 1 saturated heterocycles. The molecule has 1 heterocycles. The molecule has 2 nitrogen and oxygen atoms in total. The van der Waals surface area contributed by atoms with Gasteiger partial charge in [-0.05, 0) is 0 Å². The molecule has 0 unspecified atom stereocenters. The van der Waals surface area contributed by atoms with Crippen LogP contribution in [-0.4, -0.2) is 21.5 Å². The van der Waals surface area contributed by atoms with Gasteiger partial charge in [0.15, 0.2) is 0 Å². The van der Waals surface area contributed by atoms with Gasteiger partial charge in [0.1, 0.15) is 0 Å². The van der Waals surface area contributed by atoms with E-state index in [2.05, 4.69) is 16.1 Å². The minimum atomic E-state index is 0.125. The second-order valence-corrected chi connectivity index (χ2v) is 3.10. The van der Waals surface area contributed by atoms with Gasteiger partial charge in [0.25, 0.3) is 5.24 Å². The van der Waals surface area contributed by atoms with E-state index in [9.17, 15) is 4.79 Å². The number of hydrogen-bond donors (Lipinski definition) is 0. The zero-order chi connectivity index (χ0) is 5.28. The first-order chi connectivity index (χ1) is 3.30. The highest BCUT2D eigenvalue weighted by molar-refractivity contribution is 9.08. The van der Waals surface area contributed by atoms with Crippen molar-refractivity contribution >= 4 is 33.1 Å². The highest BCUT2D eigenvalue weighted by Gasteiger charge is 2.17. The van der Waals surface area contributed by atoms with Crippen LogP contribution >= 0.6 is 27.9 Å². The van der Waals surface area contributed by atoms with Crippen LogP contribution in [-0.2, 0) is 0 Å². The second-order valence-electron chi connectivity index (χ2n) is 1.20. The lowest BCUT2D eigenvalue weighted by molar-refractivity contribution is 0.252. The van der Waals surface area contributed by atoms with E-state index >= 15 is 0 Å². The minimum Gasteiger partial charge on any atom is -0.269 e. The monoisotopic (exact) mass is 181 g/mol. The molecule has 1 rings (SSSR count). The summed E-state index contributed by atoms with van der Waals surface area (Å²) in [7, 11) is 0. The highest BCUT2D eigenvalue weighted by atomic mass is 79.9. The van der Waals surface area contributed by atoms with Gasteiger partial charge in [-0.15, -0.1) is 0 Å². The molecule has 1 fully saturated rings. The van der Waals surface area contributed by atoms with Crippen LogP contribution in [0.3, 0.4) is 0 Å². The van der Waals surface area contributed by atoms with Crippen molar-refractivity contribution in [3.63, 3.8) is 0 Å². The number of halogens is 1. The van der Waals surface area contributed by atoms with E-state index in [0.717, 1.165) is 12.3 Å². The van der Waals surface area contributed by atoms with Crippen molar-refractivity contribution in [1.29, 1.82) is 0 Å². The number of rotatable bonds is 0. The molecule has 0 aromatic rings. The average molecular weight is 182 g/mol. The first-order valence-electron chi connectivity index (χ1n) is 1.91. The van der Waals surface area contributed by atoms with E-state index < -0.39 is 0 Å². The predicted molar refractivity (Wildman–Crippen MR) is 33.5 cm³/mol. The van der Waals surface area contributed by atoms with E-state index in [0.29, 0.717) is 0 Å². The van der Waals surface area contributed by atoms with Crippen LogP contribution in [0.2, 0.25) is 0 Å². The summed E-state index contributed by atoms with van der Waals surface area (Å²) in [6.45, 7) is 0.837. The number of amides is 1. The number of carbonyl (C=O) groups is 1. The third kappa shape index (κ3) is 1.10. The van der Waals surface area contributed by atoms with Crippen LogP contribution in [0.5, 0.6) is 0 Å². The van der Waals surface area contributed by atoms with Gasteiger partial charge in [-0.25, -0.2) is 0 Å². The Balaban J connectivity index is 2.48. The molecule has 1 aliphatic heterocycles. The SMILES string of the molecule is O=C1SCCN1Br. The molecule has 0 spiro atoms. The summed E-state index contributed by atoms with van der Waals surface area (Å²) in [5, 5.41) is 0.125. The van der Waals surface area contributed by atoms with Gasteiger partial charge in [-0.2, -0.15) is 0 Å². The molecular weight excluding hydrogens is 178 g/mol. The van der Waals surface area contributed by atoms with Crippen LogP contribution in [0.15, 0.2) is 0 Å². The minimum absolute atomic E-state index is 0.125. The van der Waals surface area contributed by atoms with Gasteiger partial charge in [0, 0.05) is 12.3 Å². The van der Waals surface area contributed by atoms with Crippen molar-refractivity contribution in [3.05, 3.63) is 0 Å². The lowest BCUT2D eigenvalue weighted by atomic mass is 10.8. The zero-order valence-corrected chi connectivity index (χ0v) is 5.96. The van der Waals surface area contributed by atoms with Crippen LogP contribution in [0.4, 0.5) is 4.79 Å². The Hall–Kier alpha value is 0.300. The molecule has 0 N–H and O–H groups in total.